The van der Waals surface area contributed by atoms with Gasteiger partial charge in [0.05, 0.1) is 60.5 Å². The van der Waals surface area contributed by atoms with Gasteiger partial charge in [-0.05, 0) is 87.7 Å². The van der Waals surface area contributed by atoms with E-state index in [9.17, 15) is 23.3 Å². The molecule has 0 saturated carbocycles. The van der Waals surface area contributed by atoms with Crippen LogP contribution in [0.15, 0.2) is 50.3 Å². The number of hydrogen-bond donors (Lipinski definition) is 1. The minimum atomic E-state index is -3.79. The molecular weight excluding hydrogens is 826 g/mol. The minimum absolute atomic E-state index is 0.0253. The predicted molar refractivity (Wildman–Crippen MR) is 236 cm³/mol. The Morgan fingerprint density at radius 2 is 1.55 bits per heavy atom. The number of ether oxygens (including phenoxy) is 1. The number of nitrogens with one attached hydrogen (secondary N) is 1. The summed E-state index contributed by atoms with van der Waals surface area (Å²) in [6.45, 7) is 10.9. The molecule has 0 aliphatic carbocycles. The van der Waals surface area contributed by atoms with Crippen molar-refractivity contribution in [3.05, 3.63) is 78.3 Å². The van der Waals surface area contributed by atoms with Gasteiger partial charge in [-0.25, -0.2) is 18.4 Å². The van der Waals surface area contributed by atoms with E-state index >= 15 is 0 Å². The number of benzene rings is 3. The third kappa shape index (κ3) is 13.6. The number of rotatable bonds is 24. The van der Waals surface area contributed by atoms with Crippen LogP contribution in [0.25, 0.3) is 0 Å². The van der Waals surface area contributed by atoms with Crippen LogP contribution in [0.3, 0.4) is 0 Å². The van der Waals surface area contributed by atoms with Crippen LogP contribution in [0.2, 0.25) is 10.0 Å². The first kappa shape index (κ1) is 48.5. The SMILES string of the molecule is CCCCCCCCCCCCS(=O)(=O)c1cc(Cl)c(NC(=O)C(=Nc2ccc(N(C)C)cc2C)c2c(C)c(SOO/N=C\OCC)c(C)c([N+](=O)[O-])c2C)cc1Cl. The zero-order valence-electron chi connectivity index (χ0n) is 34.6. The number of nitro groups is 1. The van der Waals surface area contributed by atoms with E-state index in [-0.39, 0.29) is 59.4 Å². The van der Waals surface area contributed by atoms with Crippen molar-refractivity contribution in [1.82, 2.24) is 0 Å². The molecule has 0 aliphatic rings. The van der Waals surface area contributed by atoms with E-state index in [1.165, 1.54) is 51.2 Å². The molecule has 0 fully saturated rings. The predicted octanol–water partition coefficient (Wildman–Crippen LogP) is 11.6. The molecule has 0 radical (unpaired) electrons. The smallest absolute Gasteiger partial charge is 0.277 e. The molecule has 0 heterocycles. The van der Waals surface area contributed by atoms with E-state index in [0.717, 1.165) is 43.3 Å². The Bertz CT molecular complexity index is 2080. The molecular formula is C41H55Cl2N5O8S2. The van der Waals surface area contributed by atoms with Gasteiger partial charge in [0.15, 0.2) is 9.84 Å². The lowest BCUT2D eigenvalue weighted by Gasteiger charge is -2.19. The van der Waals surface area contributed by atoms with Crippen molar-refractivity contribution in [2.24, 2.45) is 10.1 Å². The van der Waals surface area contributed by atoms with E-state index in [1.54, 1.807) is 26.8 Å². The van der Waals surface area contributed by atoms with Crippen LogP contribution >= 0.6 is 35.2 Å². The second-order valence-electron chi connectivity index (χ2n) is 14.1. The number of anilines is 2. The lowest BCUT2D eigenvalue weighted by Crippen LogP contribution is -2.26. The van der Waals surface area contributed by atoms with Gasteiger partial charge in [0.25, 0.3) is 11.6 Å². The Hall–Kier alpha value is -3.89. The van der Waals surface area contributed by atoms with Crippen LogP contribution in [0.1, 0.15) is 106 Å². The fraction of sp³-hybridized carbons (Fsp3) is 0.488. The molecule has 3 rings (SSSR count). The Labute approximate surface area is 357 Å². The fourth-order valence-corrected chi connectivity index (χ4v) is 9.28. The van der Waals surface area contributed by atoms with Gasteiger partial charge < -0.3 is 15.0 Å². The van der Waals surface area contributed by atoms with Crippen molar-refractivity contribution < 1.29 is 32.2 Å². The Morgan fingerprint density at radius 1 is 0.914 bits per heavy atom. The summed E-state index contributed by atoms with van der Waals surface area (Å²) in [6, 6.07) is 7.99. The maximum atomic E-state index is 14.5. The van der Waals surface area contributed by atoms with Crippen molar-refractivity contribution in [3.8, 4) is 0 Å². The van der Waals surface area contributed by atoms with Crippen molar-refractivity contribution >= 4 is 85.9 Å². The maximum Gasteiger partial charge on any atom is 0.277 e. The maximum absolute atomic E-state index is 14.5. The standard InChI is InChI=1S/C41H55Cl2N5O8S2/c1-9-11-12-13-14-15-16-17-18-19-22-58(52,53)36-25-32(42)35(24-33(36)43)46-41(49)38(45-34-21-20-31(47(7)8)23-27(34)3)37-28(4)39(48(50)51)30(6)40(29(37)5)57-56-55-44-26-54-10-2/h20-21,23-26H,9-19,22H2,1-8H3,(H,46,49)/b44-26-,45-38?. The van der Waals surface area contributed by atoms with Gasteiger partial charge in [0.1, 0.15) is 5.71 Å². The van der Waals surface area contributed by atoms with Gasteiger partial charge in [-0.1, -0.05) is 92.2 Å². The molecule has 0 atom stereocenters. The fourth-order valence-electron chi connectivity index (χ4n) is 6.44. The molecule has 1 N–H and O–H groups in total. The van der Waals surface area contributed by atoms with E-state index in [1.807, 2.05) is 38.1 Å². The molecule has 0 aromatic heterocycles. The number of nitrogens with zero attached hydrogens (tertiary/aromatic N) is 4. The second-order valence-corrected chi connectivity index (χ2v) is 17.7. The normalized spacial score (nSPS) is 11.9. The average Bonchev–Trinajstić information content (AvgIpc) is 3.16. The van der Waals surface area contributed by atoms with Crippen LogP contribution < -0.4 is 10.2 Å². The van der Waals surface area contributed by atoms with Crippen molar-refractivity contribution in [2.45, 2.75) is 116 Å². The summed E-state index contributed by atoms with van der Waals surface area (Å²) in [5, 5.41) is 18.6. The summed E-state index contributed by atoms with van der Waals surface area (Å²) in [6.07, 6.45) is 11.7. The highest BCUT2D eigenvalue weighted by Crippen LogP contribution is 2.40. The number of amides is 1. The molecule has 0 bridgehead atoms. The van der Waals surface area contributed by atoms with Gasteiger partial charge in [0.2, 0.25) is 6.40 Å². The summed E-state index contributed by atoms with van der Waals surface area (Å²) >= 11 is 13.9. The number of aryl methyl sites for hydroxylation is 1. The van der Waals surface area contributed by atoms with E-state index in [0.29, 0.717) is 36.3 Å². The van der Waals surface area contributed by atoms with E-state index in [4.69, 9.17) is 42.3 Å². The molecule has 0 aliphatic heterocycles. The van der Waals surface area contributed by atoms with Crippen LogP contribution in [-0.2, 0) is 28.7 Å². The summed E-state index contributed by atoms with van der Waals surface area (Å²) in [4.78, 5) is 38.2. The highest BCUT2D eigenvalue weighted by molar-refractivity contribution is 7.94. The number of hydrogen-bond acceptors (Lipinski definition) is 12. The third-order valence-electron chi connectivity index (χ3n) is 9.55. The summed E-state index contributed by atoms with van der Waals surface area (Å²) in [7, 11) is -0.000291. The number of unbranched alkanes of at least 4 members (excludes halogenated alkanes) is 9. The number of carbonyl (C=O) groups is 1. The first-order valence-corrected chi connectivity index (χ1v) is 22.5. The zero-order chi connectivity index (χ0) is 43.0. The topological polar surface area (TPSA) is 162 Å². The average molecular weight is 881 g/mol. The van der Waals surface area contributed by atoms with Gasteiger partial charge >= 0.3 is 0 Å². The van der Waals surface area contributed by atoms with Crippen LogP contribution in [0, 0.1) is 37.8 Å². The molecule has 0 spiro atoms. The largest absolute Gasteiger partial charge is 0.481 e. The van der Waals surface area contributed by atoms with Crippen molar-refractivity contribution in [3.63, 3.8) is 0 Å². The van der Waals surface area contributed by atoms with Crippen LogP contribution in [0.4, 0.5) is 22.7 Å². The molecule has 17 heteroatoms. The highest BCUT2D eigenvalue weighted by atomic mass is 35.5. The van der Waals surface area contributed by atoms with Gasteiger partial charge in [-0.3, -0.25) is 14.9 Å². The van der Waals surface area contributed by atoms with Gasteiger partial charge in [-0.2, -0.15) is 0 Å². The quantitative estimate of drug-likeness (QED) is 0.0174. The first-order valence-electron chi connectivity index (χ1n) is 19.4. The molecule has 0 saturated heterocycles. The Kier molecular flexibility index (Phi) is 19.8. The minimum Gasteiger partial charge on any atom is -0.481 e. The molecule has 13 nitrogen and oxygen atoms in total. The molecule has 3 aromatic rings. The number of sulfone groups is 1. The van der Waals surface area contributed by atoms with Crippen LogP contribution in [0.5, 0.6) is 0 Å². The molecule has 318 valence electrons. The second kappa shape index (κ2) is 23.6. The monoisotopic (exact) mass is 879 g/mol. The molecule has 1 amide bonds. The zero-order valence-corrected chi connectivity index (χ0v) is 37.7. The summed E-state index contributed by atoms with van der Waals surface area (Å²) in [5.74, 6) is -0.874. The summed E-state index contributed by atoms with van der Waals surface area (Å²) in [5.41, 5.74) is 2.66. The Morgan fingerprint density at radius 3 is 2.14 bits per heavy atom. The first-order chi connectivity index (χ1) is 27.5. The molecule has 0 unspecified atom stereocenters. The highest BCUT2D eigenvalue weighted by Gasteiger charge is 2.31. The lowest BCUT2D eigenvalue weighted by molar-refractivity contribution is -0.386. The number of carbonyl (C=O) groups excluding carboxylic acids is 1. The van der Waals surface area contributed by atoms with E-state index < -0.39 is 20.7 Å². The van der Waals surface area contributed by atoms with Crippen LogP contribution in [-0.4, -0.2) is 57.8 Å². The number of nitro benzene ring substituents is 1. The molecule has 58 heavy (non-hydrogen) atoms. The summed E-state index contributed by atoms with van der Waals surface area (Å²) < 4.78 is 36.9. The third-order valence-corrected chi connectivity index (χ3v) is 13.0. The lowest BCUT2D eigenvalue weighted by atomic mass is 9.93. The van der Waals surface area contributed by atoms with Gasteiger partial charge in [-0.15, -0.1) is 0 Å². The number of oxime groups is 1. The molecule has 3 aromatic carbocycles. The Balaban J connectivity index is 2.01. The van der Waals surface area contributed by atoms with E-state index in [2.05, 4.69) is 17.4 Å². The van der Waals surface area contributed by atoms with Crippen molar-refractivity contribution in [1.29, 1.82) is 0 Å². The van der Waals surface area contributed by atoms with Gasteiger partial charge in [0, 0.05) is 36.5 Å². The number of halogens is 2. The van der Waals surface area contributed by atoms with Crippen molar-refractivity contribution in [2.75, 3.05) is 36.7 Å². The number of aliphatic imine (C=N–C) groups is 1.